The van der Waals surface area contributed by atoms with E-state index in [1.165, 1.54) is 0 Å². The van der Waals surface area contributed by atoms with Crippen molar-refractivity contribution in [2.75, 3.05) is 25.6 Å². The normalized spacial score (nSPS) is 18.2. The van der Waals surface area contributed by atoms with Crippen LogP contribution in [0.5, 0.6) is 0 Å². The van der Waals surface area contributed by atoms with Gasteiger partial charge in [0.05, 0.1) is 18.6 Å². The van der Waals surface area contributed by atoms with Gasteiger partial charge in [0.15, 0.2) is 0 Å². The number of benzene rings is 1. The first-order chi connectivity index (χ1) is 14.6. The molecular formula is C23H23N3O3S. The molecule has 154 valence electrons. The lowest BCUT2D eigenvalue weighted by molar-refractivity contribution is -0.119. The van der Waals surface area contributed by atoms with Gasteiger partial charge in [0.1, 0.15) is 5.82 Å². The van der Waals surface area contributed by atoms with E-state index in [1.807, 2.05) is 48.7 Å². The first kappa shape index (κ1) is 20.3. The number of rotatable bonds is 6. The van der Waals surface area contributed by atoms with Crippen molar-refractivity contribution in [1.82, 2.24) is 9.88 Å². The van der Waals surface area contributed by atoms with Crippen molar-refractivity contribution in [2.24, 2.45) is 0 Å². The lowest BCUT2D eigenvalue weighted by Crippen LogP contribution is -2.47. The Bertz CT molecular complexity index is 1030. The molecule has 0 saturated carbocycles. The highest BCUT2D eigenvalue weighted by Crippen LogP contribution is 2.44. The molecule has 3 aromatic rings. The average Bonchev–Trinajstić information content (AvgIpc) is 3.29. The Labute approximate surface area is 179 Å². The predicted molar refractivity (Wildman–Crippen MR) is 117 cm³/mol. The molecule has 1 aromatic carbocycles. The van der Waals surface area contributed by atoms with E-state index in [0.29, 0.717) is 24.5 Å². The Morgan fingerprint density at radius 2 is 2.03 bits per heavy atom. The molecule has 0 radical (unpaired) electrons. The van der Waals surface area contributed by atoms with Crippen molar-refractivity contribution in [3.05, 3.63) is 81.7 Å². The van der Waals surface area contributed by atoms with Crippen LogP contribution < -0.4 is 5.32 Å². The zero-order valence-corrected chi connectivity index (χ0v) is 17.7. The SMILES string of the molecule is COCCN1C(=O)c2ccccc2[C@@H](C(=O)Nc2ccc(C)cn2)[C@@H]1c1cccs1. The van der Waals surface area contributed by atoms with Crippen molar-refractivity contribution >= 4 is 29.0 Å². The highest BCUT2D eigenvalue weighted by molar-refractivity contribution is 7.10. The third kappa shape index (κ3) is 3.86. The number of pyridine rings is 1. The molecule has 2 amide bonds. The van der Waals surface area contributed by atoms with E-state index in [9.17, 15) is 9.59 Å². The summed E-state index contributed by atoms with van der Waals surface area (Å²) in [5, 5.41) is 4.91. The molecule has 0 saturated heterocycles. The van der Waals surface area contributed by atoms with Gasteiger partial charge in [0.25, 0.3) is 5.91 Å². The van der Waals surface area contributed by atoms with E-state index >= 15 is 0 Å². The monoisotopic (exact) mass is 421 g/mol. The summed E-state index contributed by atoms with van der Waals surface area (Å²) in [6, 6.07) is 14.5. The predicted octanol–water partition coefficient (Wildman–Crippen LogP) is 4.02. The molecule has 1 aliphatic rings. The summed E-state index contributed by atoms with van der Waals surface area (Å²) in [7, 11) is 1.61. The average molecular weight is 422 g/mol. The van der Waals surface area contributed by atoms with Crippen molar-refractivity contribution in [3.63, 3.8) is 0 Å². The molecule has 2 aromatic heterocycles. The largest absolute Gasteiger partial charge is 0.383 e. The lowest BCUT2D eigenvalue weighted by atomic mass is 9.81. The Hall–Kier alpha value is -3.03. The van der Waals surface area contributed by atoms with Crippen molar-refractivity contribution in [3.8, 4) is 0 Å². The van der Waals surface area contributed by atoms with Crippen LogP contribution in [0, 0.1) is 6.92 Å². The summed E-state index contributed by atoms with van der Waals surface area (Å²) in [6.07, 6.45) is 1.72. The summed E-state index contributed by atoms with van der Waals surface area (Å²) in [5.41, 5.74) is 2.31. The van der Waals surface area contributed by atoms with Gasteiger partial charge in [-0.05, 0) is 41.6 Å². The molecule has 0 aliphatic carbocycles. The van der Waals surface area contributed by atoms with Crippen LogP contribution in [0.25, 0.3) is 0 Å². The Morgan fingerprint density at radius 1 is 1.20 bits per heavy atom. The molecule has 1 aliphatic heterocycles. The smallest absolute Gasteiger partial charge is 0.254 e. The molecule has 0 bridgehead atoms. The topological polar surface area (TPSA) is 71.5 Å². The Kier molecular flexibility index (Phi) is 5.92. The second kappa shape index (κ2) is 8.77. The third-order valence-electron chi connectivity index (χ3n) is 5.25. The van der Waals surface area contributed by atoms with Crippen LogP contribution in [0.1, 0.15) is 38.3 Å². The second-order valence-corrected chi connectivity index (χ2v) is 8.21. The fourth-order valence-corrected chi connectivity index (χ4v) is 4.71. The molecular weight excluding hydrogens is 398 g/mol. The maximum Gasteiger partial charge on any atom is 0.254 e. The number of carbonyl (C=O) groups is 2. The first-order valence-corrected chi connectivity index (χ1v) is 10.6. The van der Waals surface area contributed by atoms with E-state index in [1.54, 1.807) is 41.7 Å². The van der Waals surface area contributed by atoms with Gasteiger partial charge >= 0.3 is 0 Å². The Morgan fingerprint density at radius 3 is 2.73 bits per heavy atom. The van der Waals surface area contributed by atoms with Crippen molar-refractivity contribution in [2.45, 2.75) is 18.9 Å². The maximum atomic E-state index is 13.5. The lowest BCUT2D eigenvalue weighted by Gasteiger charge is -2.41. The molecule has 30 heavy (non-hydrogen) atoms. The third-order valence-corrected chi connectivity index (χ3v) is 6.20. The second-order valence-electron chi connectivity index (χ2n) is 7.23. The molecule has 0 fully saturated rings. The molecule has 3 heterocycles. The van der Waals surface area contributed by atoms with Crippen LogP contribution in [0.15, 0.2) is 60.1 Å². The maximum absolute atomic E-state index is 13.5. The molecule has 7 heteroatoms. The zero-order valence-electron chi connectivity index (χ0n) is 16.9. The van der Waals surface area contributed by atoms with E-state index in [0.717, 1.165) is 16.0 Å². The van der Waals surface area contributed by atoms with Gasteiger partial charge in [-0.1, -0.05) is 30.3 Å². The number of nitrogens with one attached hydrogen (secondary N) is 1. The number of aromatic nitrogens is 1. The van der Waals surface area contributed by atoms with Crippen LogP contribution in [0.4, 0.5) is 5.82 Å². The van der Waals surface area contributed by atoms with Crippen LogP contribution in [-0.2, 0) is 9.53 Å². The van der Waals surface area contributed by atoms with Crippen LogP contribution in [0.3, 0.4) is 0 Å². The van der Waals surface area contributed by atoms with Gasteiger partial charge in [-0.3, -0.25) is 9.59 Å². The Balaban J connectivity index is 1.78. The molecule has 4 rings (SSSR count). The number of hydrogen-bond donors (Lipinski definition) is 1. The number of hydrogen-bond acceptors (Lipinski definition) is 5. The van der Waals surface area contributed by atoms with E-state index in [-0.39, 0.29) is 11.8 Å². The van der Waals surface area contributed by atoms with Crippen molar-refractivity contribution < 1.29 is 14.3 Å². The minimum Gasteiger partial charge on any atom is -0.383 e. The fourth-order valence-electron chi connectivity index (χ4n) is 3.83. The summed E-state index contributed by atoms with van der Waals surface area (Å²) in [6.45, 7) is 2.74. The van der Waals surface area contributed by atoms with E-state index in [4.69, 9.17) is 4.74 Å². The van der Waals surface area contributed by atoms with E-state index in [2.05, 4.69) is 10.3 Å². The van der Waals surface area contributed by atoms with Crippen LogP contribution in [0.2, 0.25) is 0 Å². The van der Waals surface area contributed by atoms with E-state index < -0.39 is 12.0 Å². The number of ether oxygens (including phenoxy) is 1. The quantitative estimate of drug-likeness (QED) is 0.653. The summed E-state index contributed by atoms with van der Waals surface area (Å²) >= 11 is 1.54. The number of thiophene rings is 1. The van der Waals surface area contributed by atoms with Gasteiger partial charge in [0.2, 0.25) is 5.91 Å². The van der Waals surface area contributed by atoms with Crippen LogP contribution >= 0.6 is 11.3 Å². The van der Waals surface area contributed by atoms with Crippen LogP contribution in [-0.4, -0.2) is 42.0 Å². The fraction of sp³-hybridized carbons (Fsp3) is 0.261. The number of carbonyl (C=O) groups excluding carboxylic acids is 2. The number of aryl methyl sites for hydroxylation is 1. The van der Waals surface area contributed by atoms with Crippen molar-refractivity contribution in [1.29, 1.82) is 0 Å². The number of methoxy groups -OCH3 is 1. The van der Waals surface area contributed by atoms with Gasteiger partial charge in [0, 0.05) is 30.3 Å². The molecule has 6 nitrogen and oxygen atoms in total. The molecule has 1 N–H and O–H groups in total. The standard InChI is InChI=1S/C23H23N3O3S/c1-15-9-10-19(24-14-15)25-22(27)20-16-6-3-4-7-17(16)23(28)26(11-12-29-2)21(20)18-8-5-13-30-18/h3-10,13-14,20-21H,11-12H2,1-2H3,(H,24,25,27)/t20-,21+/m1/s1. The molecule has 0 unspecified atom stereocenters. The summed E-state index contributed by atoms with van der Waals surface area (Å²) in [5.74, 6) is -0.337. The molecule has 2 atom stereocenters. The number of nitrogens with zero attached hydrogens (tertiary/aromatic N) is 2. The minimum atomic E-state index is -0.558. The first-order valence-electron chi connectivity index (χ1n) is 9.76. The van der Waals surface area contributed by atoms with Gasteiger partial charge in [-0.15, -0.1) is 11.3 Å². The zero-order chi connectivity index (χ0) is 21.1. The highest BCUT2D eigenvalue weighted by Gasteiger charge is 2.44. The number of anilines is 1. The van der Waals surface area contributed by atoms with Gasteiger partial charge < -0.3 is 15.0 Å². The summed E-state index contributed by atoms with van der Waals surface area (Å²) < 4.78 is 5.25. The number of amides is 2. The highest BCUT2D eigenvalue weighted by atomic mass is 32.1. The summed E-state index contributed by atoms with van der Waals surface area (Å²) in [4.78, 5) is 33.9. The van der Waals surface area contributed by atoms with Gasteiger partial charge in [-0.25, -0.2) is 4.98 Å². The molecule has 0 spiro atoms. The number of fused-ring (bicyclic) bond motifs is 1. The minimum absolute atomic E-state index is 0.0847. The van der Waals surface area contributed by atoms with Gasteiger partial charge in [-0.2, -0.15) is 0 Å².